The van der Waals surface area contributed by atoms with Crippen molar-refractivity contribution in [3.8, 4) is 0 Å². The van der Waals surface area contributed by atoms with Crippen molar-refractivity contribution in [3.63, 3.8) is 0 Å². The van der Waals surface area contributed by atoms with Gasteiger partial charge in [0.05, 0.1) is 34.2 Å². The molecule has 3 aromatic rings. The fourth-order valence-corrected chi connectivity index (χ4v) is 3.62. The van der Waals surface area contributed by atoms with Crippen LogP contribution < -0.4 is 0 Å². The van der Waals surface area contributed by atoms with Gasteiger partial charge >= 0.3 is 0 Å². The van der Waals surface area contributed by atoms with Crippen LogP contribution in [0.25, 0.3) is 0 Å². The average molecular weight is 384 g/mol. The van der Waals surface area contributed by atoms with E-state index < -0.39 is 0 Å². The summed E-state index contributed by atoms with van der Waals surface area (Å²) in [4.78, 5) is 14.6. The molecule has 29 heavy (non-hydrogen) atoms. The van der Waals surface area contributed by atoms with Gasteiger partial charge in [-0.15, -0.1) is 0 Å². The first kappa shape index (κ1) is 20.7. The van der Waals surface area contributed by atoms with E-state index in [9.17, 15) is 0 Å². The van der Waals surface area contributed by atoms with Crippen molar-refractivity contribution in [1.82, 2.24) is 4.98 Å². The molecule has 0 N–H and O–H groups in total. The van der Waals surface area contributed by atoms with Crippen molar-refractivity contribution in [3.05, 3.63) is 87.7 Å². The van der Waals surface area contributed by atoms with E-state index in [0.29, 0.717) is 0 Å². The van der Waals surface area contributed by atoms with Crippen LogP contribution in [-0.4, -0.2) is 16.4 Å². The van der Waals surface area contributed by atoms with Crippen LogP contribution >= 0.6 is 0 Å². The Morgan fingerprint density at radius 2 is 1.03 bits per heavy atom. The van der Waals surface area contributed by atoms with Crippen molar-refractivity contribution >= 4 is 22.8 Å². The molecule has 0 amide bonds. The fourth-order valence-electron chi connectivity index (χ4n) is 3.62. The summed E-state index contributed by atoms with van der Waals surface area (Å²) in [5.74, 6) is 0. The van der Waals surface area contributed by atoms with Crippen molar-refractivity contribution in [2.24, 2.45) is 9.98 Å². The van der Waals surface area contributed by atoms with Crippen molar-refractivity contribution in [1.29, 1.82) is 0 Å². The van der Waals surface area contributed by atoms with Crippen LogP contribution in [0.4, 0.5) is 11.4 Å². The summed E-state index contributed by atoms with van der Waals surface area (Å²) in [6, 6.07) is 16.6. The molecule has 3 nitrogen and oxygen atoms in total. The van der Waals surface area contributed by atoms with E-state index in [0.717, 1.165) is 34.2 Å². The normalized spacial score (nSPS) is 12.4. The minimum absolute atomic E-state index is 0.872. The van der Waals surface area contributed by atoms with Gasteiger partial charge in [0.2, 0.25) is 0 Å². The van der Waals surface area contributed by atoms with Gasteiger partial charge in [0.25, 0.3) is 0 Å². The number of para-hydroxylation sites is 1. The van der Waals surface area contributed by atoms with Crippen LogP contribution in [-0.2, 0) is 0 Å². The molecule has 0 saturated heterocycles. The predicted molar refractivity (Wildman–Crippen MR) is 125 cm³/mol. The predicted octanol–water partition coefficient (Wildman–Crippen LogP) is 6.91. The topological polar surface area (TPSA) is 37.6 Å². The minimum Gasteiger partial charge on any atom is -0.251 e. The van der Waals surface area contributed by atoms with Crippen LogP contribution in [0.3, 0.4) is 0 Å². The molecule has 0 bridgehead atoms. The van der Waals surface area contributed by atoms with E-state index in [1.54, 1.807) is 0 Å². The number of pyridine rings is 1. The highest BCUT2D eigenvalue weighted by atomic mass is 14.8. The number of hydrogen-bond donors (Lipinski definition) is 0. The van der Waals surface area contributed by atoms with Gasteiger partial charge in [0.15, 0.2) is 0 Å². The lowest BCUT2D eigenvalue weighted by Gasteiger charge is -2.10. The van der Waals surface area contributed by atoms with Crippen molar-refractivity contribution in [2.75, 3.05) is 0 Å². The molecule has 148 valence electrons. The van der Waals surface area contributed by atoms with Gasteiger partial charge < -0.3 is 0 Å². The SMILES string of the molecule is C/C(=N\c1c(C)cccc1C)c1cccc(/C(C)=N/c2c(C)cc(C)cc2C)n1. The minimum atomic E-state index is 0.872. The number of aromatic nitrogens is 1. The monoisotopic (exact) mass is 383 g/mol. The summed E-state index contributed by atoms with van der Waals surface area (Å²) in [5, 5.41) is 0. The Labute approximate surface area is 174 Å². The molecule has 0 saturated carbocycles. The van der Waals surface area contributed by atoms with E-state index in [1.165, 1.54) is 27.8 Å². The molecular formula is C26H29N3. The Kier molecular flexibility index (Phi) is 6.07. The molecule has 0 unspecified atom stereocenters. The van der Waals surface area contributed by atoms with Crippen LogP contribution in [0.15, 0.2) is 58.5 Å². The summed E-state index contributed by atoms with van der Waals surface area (Å²) in [7, 11) is 0. The average Bonchev–Trinajstić information content (AvgIpc) is 2.67. The van der Waals surface area contributed by atoms with E-state index >= 15 is 0 Å². The third-order valence-electron chi connectivity index (χ3n) is 5.12. The van der Waals surface area contributed by atoms with Gasteiger partial charge in [0, 0.05) is 0 Å². The Morgan fingerprint density at radius 3 is 1.52 bits per heavy atom. The standard InChI is InChI=1S/C26H29N3/c1-16-14-19(4)26(20(5)15-16)28-22(7)24-13-9-12-23(29-24)21(6)27-25-17(2)10-8-11-18(25)3/h8-15H,1-7H3/b27-21+,28-22+. The van der Waals surface area contributed by atoms with Crippen molar-refractivity contribution in [2.45, 2.75) is 48.5 Å². The largest absolute Gasteiger partial charge is 0.251 e. The fraction of sp³-hybridized carbons (Fsp3) is 0.269. The Morgan fingerprint density at radius 1 is 0.621 bits per heavy atom. The van der Waals surface area contributed by atoms with Crippen LogP contribution in [0, 0.1) is 34.6 Å². The molecule has 0 fully saturated rings. The molecule has 0 radical (unpaired) electrons. The molecular weight excluding hydrogens is 354 g/mol. The molecule has 0 aliphatic heterocycles. The van der Waals surface area contributed by atoms with Crippen LogP contribution in [0.5, 0.6) is 0 Å². The Balaban J connectivity index is 1.98. The van der Waals surface area contributed by atoms with Gasteiger partial charge in [0.1, 0.15) is 0 Å². The van der Waals surface area contributed by atoms with E-state index in [4.69, 9.17) is 15.0 Å². The maximum atomic E-state index is 4.90. The third kappa shape index (κ3) is 4.68. The van der Waals surface area contributed by atoms with Crippen LogP contribution in [0.1, 0.15) is 53.1 Å². The molecule has 1 aromatic heterocycles. The Hall–Kier alpha value is -3.07. The lowest BCUT2D eigenvalue weighted by molar-refractivity contribution is 1.22. The zero-order valence-corrected chi connectivity index (χ0v) is 18.5. The molecule has 2 aromatic carbocycles. The molecule has 3 heteroatoms. The smallest absolute Gasteiger partial charge is 0.0849 e. The summed E-state index contributed by atoms with van der Waals surface area (Å²) in [6.07, 6.45) is 0. The van der Waals surface area contributed by atoms with Gasteiger partial charge in [-0.2, -0.15) is 0 Å². The number of aliphatic imine (C=N–C) groups is 2. The van der Waals surface area contributed by atoms with Gasteiger partial charge in [-0.25, -0.2) is 4.98 Å². The molecule has 0 atom stereocenters. The third-order valence-corrected chi connectivity index (χ3v) is 5.12. The number of hydrogen-bond acceptors (Lipinski definition) is 3. The summed E-state index contributed by atoms with van der Waals surface area (Å²) in [5.41, 5.74) is 11.6. The summed E-state index contributed by atoms with van der Waals surface area (Å²) >= 11 is 0. The van der Waals surface area contributed by atoms with Gasteiger partial charge in [-0.05, 0) is 82.9 Å². The first-order valence-corrected chi connectivity index (χ1v) is 9.98. The second-order valence-electron chi connectivity index (χ2n) is 7.79. The lowest BCUT2D eigenvalue weighted by atomic mass is 10.1. The molecule has 3 rings (SSSR count). The number of nitrogens with zero attached hydrogens (tertiary/aromatic N) is 3. The van der Waals surface area contributed by atoms with E-state index in [1.807, 2.05) is 32.0 Å². The lowest BCUT2D eigenvalue weighted by Crippen LogP contribution is -2.05. The number of aryl methyl sites for hydroxylation is 5. The summed E-state index contributed by atoms with van der Waals surface area (Å²) in [6.45, 7) is 14.5. The van der Waals surface area contributed by atoms with E-state index in [2.05, 4.69) is 65.0 Å². The first-order chi connectivity index (χ1) is 13.8. The van der Waals surface area contributed by atoms with Crippen LogP contribution in [0.2, 0.25) is 0 Å². The zero-order valence-electron chi connectivity index (χ0n) is 18.5. The highest BCUT2D eigenvalue weighted by Gasteiger charge is 2.08. The highest BCUT2D eigenvalue weighted by molar-refractivity contribution is 6.02. The highest BCUT2D eigenvalue weighted by Crippen LogP contribution is 2.26. The molecule has 0 aliphatic rings. The second kappa shape index (κ2) is 8.52. The van der Waals surface area contributed by atoms with Gasteiger partial charge in [-0.1, -0.05) is 42.0 Å². The van der Waals surface area contributed by atoms with Crippen molar-refractivity contribution < 1.29 is 0 Å². The van der Waals surface area contributed by atoms with E-state index in [-0.39, 0.29) is 0 Å². The maximum Gasteiger partial charge on any atom is 0.0849 e. The van der Waals surface area contributed by atoms with Gasteiger partial charge in [-0.3, -0.25) is 9.98 Å². The zero-order chi connectivity index (χ0) is 21.1. The molecule has 0 spiro atoms. The quantitative estimate of drug-likeness (QED) is 0.451. The molecule has 0 aliphatic carbocycles. The maximum absolute atomic E-state index is 4.90. The number of benzene rings is 2. The number of rotatable bonds is 4. The second-order valence-corrected chi connectivity index (χ2v) is 7.79. The first-order valence-electron chi connectivity index (χ1n) is 9.98. The summed E-state index contributed by atoms with van der Waals surface area (Å²) < 4.78 is 0. The molecule has 1 heterocycles. The Bertz CT molecular complexity index is 1080.